The third kappa shape index (κ3) is 2.78. The van der Waals surface area contributed by atoms with Crippen LogP contribution in [0, 0.1) is 6.92 Å². The molecule has 0 unspecified atom stereocenters. The fourth-order valence-electron chi connectivity index (χ4n) is 3.56. The molecular weight excluding hydrogens is 378 g/mol. The number of nitrogens with two attached hydrogens (primary N) is 1. The van der Waals surface area contributed by atoms with Crippen LogP contribution in [-0.2, 0) is 16.4 Å². The molecule has 0 fully saturated rings. The van der Waals surface area contributed by atoms with Gasteiger partial charge in [0, 0.05) is 11.1 Å². The molecule has 2 aromatic heterocycles. The van der Waals surface area contributed by atoms with Crippen LogP contribution in [0.15, 0.2) is 57.9 Å². The van der Waals surface area contributed by atoms with Gasteiger partial charge in [0.25, 0.3) is 0 Å². The third-order valence-corrected chi connectivity index (χ3v) is 5.71. The Balaban J connectivity index is 2.25. The number of aromatic nitrogens is 2. The van der Waals surface area contributed by atoms with Crippen molar-refractivity contribution in [1.82, 2.24) is 9.72 Å². The highest BCUT2D eigenvalue weighted by Crippen LogP contribution is 2.41. The Morgan fingerprint density at radius 2 is 1.82 bits per heavy atom. The number of fused-ring (bicyclic) bond motifs is 1. The smallest absolute Gasteiger partial charge is 0.240 e. The van der Waals surface area contributed by atoms with Crippen molar-refractivity contribution in [3.63, 3.8) is 0 Å². The Morgan fingerprint density at radius 1 is 1.14 bits per heavy atom. The zero-order chi connectivity index (χ0) is 20.1. The van der Waals surface area contributed by atoms with E-state index in [0.717, 1.165) is 0 Å². The maximum atomic E-state index is 12.6. The van der Waals surface area contributed by atoms with Crippen LogP contribution in [0.4, 0.5) is 0 Å². The lowest BCUT2D eigenvalue weighted by atomic mass is 10.1. The van der Waals surface area contributed by atoms with E-state index >= 15 is 0 Å². The van der Waals surface area contributed by atoms with Crippen LogP contribution in [0.2, 0.25) is 0 Å². The molecule has 0 radical (unpaired) electrons. The summed E-state index contributed by atoms with van der Waals surface area (Å²) in [6, 6.07) is 13.7. The number of phenolic OH excluding ortho intramolecular Hbond substituents is 1. The van der Waals surface area contributed by atoms with Crippen molar-refractivity contribution in [2.24, 2.45) is 5.14 Å². The van der Waals surface area contributed by atoms with Gasteiger partial charge in [0.2, 0.25) is 10.0 Å². The van der Waals surface area contributed by atoms with E-state index in [1.807, 2.05) is 23.6 Å². The van der Waals surface area contributed by atoms with Crippen LogP contribution < -0.4 is 5.14 Å². The van der Waals surface area contributed by atoms with E-state index in [9.17, 15) is 13.5 Å². The minimum atomic E-state index is -4.06. The predicted molar refractivity (Wildman–Crippen MR) is 106 cm³/mol. The lowest BCUT2D eigenvalue weighted by Gasteiger charge is -2.12. The molecule has 0 aliphatic heterocycles. The van der Waals surface area contributed by atoms with Crippen molar-refractivity contribution in [1.29, 1.82) is 0 Å². The maximum absolute atomic E-state index is 12.6. The summed E-state index contributed by atoms with van der Waals surface area (Å²) in [7, 11) is -4.06. The molecule has 4 rings (SSSR count). The Labute approximate surface area is 162 Å². The maximum Gasteiger partial charge on any atom is 0.240 e. The number of benzene rings is 2. The van der Waals surface area contributed by atoms with Crippen LogP contribution in [0.5, 0.6) is 5.75 Å². The van der Waals surface area contributed by atoms with Gasteiger partial charge in [-0.3, -0.25) is 0 Å². The van der Waals surface area contributed by atoms with E-state index in [1.165, 1.54) is 0 Å². The molecule has 0 amide bonds. The topological polar surface area (TPSA) is 111 Å². The van der Waals surface area contributed by atoms with Crippen LogP contribution in [-0.4, -0.2) is 23.2 Å². The molecule has 28 heavy (non-hydrogen) atoms. The molecule has 0 saturated heterocycles. The molecule has 0 bridgehead atoms. The van der Waals surface area contributed by atoms with Crippen LogP contribution >= 0.6 is 0 Å². The highest BCUT2D eigenvalue weighted by molar-refractivity contribution is 7.89. The fraction of sp³-hybridized carbons (Fsp3) is 0.150. The zero-order valence-corrected chi connectivity index (χ0v) is 16.2. The van der Waals surface area contributed by atoms with Gasteiger partial charge in [0.05, 0.1) is 22.5 Å². The van der Waals surface area contributed by atoms with Crippen molar-refractivity contribution < 1.29 is 18.0 Å². The van der Waals surface area contributed by atoms with E-state index in [0.29, 0.717) is 45.7 Å². The number of hydrogen-bond donors (Lipinski definition) is 2. The second kappa shape index (κ2) is 6.50. The second-order valence-electron chi connectivity index (χ2n) is 6.51. The number of phenols is 1. The molecule has 2 heterocycles. The Kier molecular flexibility index (Phi) is 4.24. The van der Waals surface area contributed by atoms with E-state index < -0.39 is 10.0 Å². The summed E-state index contributed by atoms with van der Waals surface area (Å²) in [5.41, 5.74) is 3.02. The van der Waals surface area contributed by atoms with Crippen molar-refractivity contribution in [3.05, 3.63) is 60.0 Å². The Morgan fingerprint density at radius 3 is 2.46 bits per heavy atom. The first-order chi connectivity index (χ1) is 13.3. The quantitative estimate of drug-likeness (QED) is 0.547. The molecule has 0 saturated carbocycles. The van der Waals surface area contributed by atoms with E-state index in [4.69, 9.17) is 9.66 Å². The van der Waals surface area contributed by atoms with Gasteiger partial charge in [-0.25, -0.2) is 13.6 Å². The molecular formula is C20H19N3O4S. The zero-order valence-electron chi connectivity index (χ0n) is 15.4. The molecule has 0 aliphatic carbocycles. The summed E-state index contributed by atoms with van der Waals surface area (Å²) >= 11 is 0. The molecule has 0 atom stereocenters. The lowest BCUT2D eigenvalue weighted by molar-refractivity contribution is 0.391. The Bertz CT molecular complexity index is 1290. The predicted octanol–water partition coefficient (Wildman–Crippen LogP) is 3.51. The number of aryl methyl sites for hydroxylation is 2. The Hall–Kier alpha value is -3.10. The highest BCUT2D eigenvalue weighted by Gasteiger charge is 2.30. The summed E-state index contributed by atoms with van der Waals surface area (Å²) in [5.74, 6) is 0.619. The fourth-order valence-corrected chi connectivity index (χ4v) is 4.50. The van der Waals surface area contributed by atoms with E-state index in [2.05, 4.69) is 5.16 Å². The number of primary sulfonamides is 1. The average Bonchev–Trinajstić information content (AvgIpc) is 3.19. The number of rotatable bonds is 4. The second-order valence-corrected chi connectivity index (χ2v) is 8.00. The van der Waals surface area contributed by atoms with E-state index in [-0.39, 0.29) is 10.6 Å². The first-order valence-corrected chi connectivity index (χ1v) is 10.3. The molecule has 4 aromatic rings. The minimum Gasteiger partial charge on any atom is -0.508 e. The first kappa shape index (κ1) is 18.3. The van der Waals surface area contributed by atoms with Gasteiger partial charge in [0.1, 0.15) is 16.4 Å². The van der Waals surface area contributed by atoms with Gasteiger partial charge in [-0.1, -0.05) is 30.3 Å². The van der Waals surface area contributed by atoms with Gasteiger partial charge >= 0.3 is 0 Å². The van der Waals surface area contributed by atoms with Crippen molar-refractivity contribution >= 4 is 20.9 Å². The number of sulfonamides is 1. The SMILES string of the molecule is CCc1noc(C)c1-c1c(S(N)(=O)=O)c2ccccc2n1-c1ccc(O)cc1. The number of aromatic hydroxyl groups is 1. The first-order valence-electron chi connectivity index (χ1n) is 8.74. The van der Waals surface area contributed by atoms with Crippen molar-refractivity contribution in [2.45, 2.75) is 25.2 Å². The molecule has 144 valence electrons. The van der Waals surface area contributed by atoms with Gasteiger partial charge in [-0.2, -0.15) is 0 Å². The molecule has 0 aliphatic rings. The summed E-state index contributed by atoms with van der Waals surface area (Å²) in [6.45, 7) is 3.66. The van der Waals surface area contributed by atoms with E-state index in [1.54, 1.807) is 43.3 Å². The summed E-state index contributed by atoms with van der Waals surface area (Å²) in [5, 5.41) is 19.9. The van der Waals surface area contributed by atoms with Gasteiger partial charge in [-0.05, 0) is 43.7 Å². The summed E-state index contributed by atoms with van der Waals surface area (Å²) in [6.07, 6.45) is 0.563. The third-order valence-electron chi connectivity index (χ3n) is 4.73. The minimum absolute atomic E-state index is 0.0252. The molecule has 7 nitrogen and oxygen atoms in total. The number of hydrogen-bond acceptors (Lipinski definition) is 5. The highest BCUT2D eigenvalue weighted by atomic mass is 32.2. The van der Waals surface area contributed by atoms with Crippen molar-refractivity contribution in [2.75, 3.05) is 0 Å². The molecule has 8 heteroatoms. The molecule has 0 spiro atoms. The number of nitrogens with zero attached hydrogens (tertiary/aromatic N) is 2. The van der Waals surface area contributed by atoms with Crippen LogP contribution in [0.25, 0.3) is 27.8 Å². The van der Waals surface area contributed by atoms with Crippen LogP contribution in [0.1, 0.15) is 18.4 Å². The van der Waals surface area contributed by atoms with Crippen LogP contribution in [0.3, 0.4) is 0 Å². The monoisotopic (exact) mass is 397 g/mol. The standard InChI is InChI=1S/C20H19N3O4S/c1-3-16-18(12(2)27-22-16)19-20(28(21,25)26)15-6-4-5-7-17(15)23(19)13-8-10-14(24)11-9-13/h4-11,24H,3H2,1-2H3,(H2,21,25,26). The molecule has 3 N–H and O–H groups in total. The van der Waals surface area contributed by atoms with Crippen molar-refractivity contribution in [3.8, 4) is 22.7 Å². The molecule has 2 aromatic carbocycles. The van der Waals surface area contributed by atoms with Gasteiger partial charge in [0.15, 0.2) is 0 Å². The normalized spacial score (nSPS) is 12.0. The van der Waals surface area contributed by atoms with Gasteiger partial charge < -0.3 is 14.2 Å². The van der Waals surface area contributed by atoms with Gasteiger partial charge in [-0.15, -0.1) is 0 Å². The summed E-state index contributed by atoms with van der Waals surface area (Å²) in [4.78, 5) is 0.0252. The number of para-hydroxylation sites is 1. The largest absolute Gasteiger partial charge is 0.508 e. The summed E-state index contributed by atoms with van der Waals surface area (Å²) < 4.78 is 32.5. The average molecular weight is 397 g/mol. The lowest BCUT2D eigenvalue weighted by Crippen LogP contribution is -2.14.